The van der Waals surface area contributed by atoms with Gasteiger partial charge in [0.2, 0.25) is 21.8 Å². The van der Waals surface area contributed by atoms with Crippen LogP contribution in [0.25, 0.3) is 0 Å². The zero-order chi connectivity index (χ0) is 28.7. The fraction of sp³-hybridized carbons (Fsp3) is 0.355. The number of hydrogen-bond acceptors (Lipinski definition) is 4. The standard InChI is InChI=1S/C31H36ClN3O4S/c1-23-9-8-14-28(19-23)35(40(2,38)39)22-30(36)34(21-25-15-17-26(32)18-16-25)29(20-24-10-4-3-5-11-24)31(37)33-27-12-6-7-13-27/h3-5,8-11,14-19,27,29H,6-7,12-13,20-22H2,1-2H3,(H,33,37)/t29-/m1/s1. The molecule has 3 aromatic carbocycles. The van der Waals surface area contributed by atoms with E-state index in [9.17, 15) is 18.0 Å². The van der Waals surface area contributed by atoms with E-state index in [0.717, 1.165) is 52.9 Å². The average molecular weight is 582 g/mol. The van der Waals surface area contributed by atoms with Gasteiger partial charge in [-0.25, -0.2) is 8.42 Å². The van der Waals surface area contributed by atoms with E-state index in [1.54, 1.807) is 30.3 Å². The molecule has 1 aliphatic carbocycles. The minimum atomic E-state index is -3.80. The van der Waals surface area contributed by atoms with Crippen molar-refractivity contribution in [2.24, 2.45) is 0 Å². The van der Waals surface area contributed by atoms with Crippen LogP contribution in [0.15, 0.2) is 78.9 Å². The van der Waals surface area contributed by atoms with Crippen LogP contribution in [0.1, 0.15) is 42.4 Å². The highest BCUT2D eigenvalue weighted by atomic mass is 35.5. The van der Waals surface area contributed by atoms with Gasteiger partial charge >= 0.3 is 0 Å². The molecule has 0 radical (unpaired) electrons. The molecule has 4 rings (SSSR count). The fourth-order valence-electron chi connectivity index (χ4n) is 5.10. The number of anilines is 1. The number of halogens is 1. The van der Waals surface area contributed by atoms with Crippen LogP contribution in [0.3, 0.4) is 0 Å². The average Bonchev–Trinajstić information content (AvgIpc) is 3.43. The maximum absolute atomic E-state index is 14.1. The van der Waals surface area contributed by atoms with Crippen LogP contribution in [-0.4, -0.2) is 50.0 Å². The van der Waals surface area contributed by atoms with Crippen molar-refractivity contribution in [2.75, 3.05) is 17.1 Å². The van der Waals surface area contributed by atoms with E-state index in [1.807, 2.05) is 55.5 Å². The SMILES string of the molecule is Cc1cccc(N(CC(=O)N(Cc2ccc(Cl)cc2)[C@H](Cc2ccccc2)C(=O)NC2CCCC2)S(C)(=O)=O)c1. The zero-order valence-electron chi connectivity index (χ0n) is 22.9. The third-order valence-corrected chi connectivity index (χ3v) is 8.60. The van der Waals surface area contributed by atoms with Crippen LogP contribution in [-0.2, 0) is 32.6 Å². The number of benzene rings is 3. The summed E-state index contributed by atoms with van der Waals surface area (Å²) in [5, 5.41) is 3.73. The van der Waals surface area contributed by atoms with Crippen molar-refractivity contribution in [3.05, 3.63) is 101 Å². The molecule has 1 fully saturated rings. The molecule has 7 nitrogen and oxygen atoms in total. The Labute approximate surface area is 242 Å². The second-order valence-electron chi connectivity index (χ2n) is 10.5. The molecule has 0 spiro atoms. The summed E-state index contributed by atoms with van der Waals surface area (Å²) in [5.41, 5.74) is 2.96. The van der Waals surface area contributed by atoms with Crippen molar-refractivity contribution in [1.82, 2.24) is 10.2 Å². The second-order valence-corrected chi connectivity index (χ2v) is 12.8. The van der Waals surface area contributed by atoms with Gasteiger partial charge < -0.3 is 10.2 Å². The number of rotatable bonds is 11. The van der Waals surface area contributed by atoms with E-state index in [1.165, 1.54) is 4.90 Å². The molecule has 1 aliphatic rings. The second kappa shape index (κ2) is 13.3. The molecule has 1 saturated carbocycles. The number of sulfonamides is 1. The van der Waals surface area contributed by atoms with E-state index in [2.05, 4.69) is 5.32 Å². The molecule has 2 amide bonds. The molecule has 0 unspecified atom stereocenters. The maximum Gasteiger partial charge on any atom is 0.244 e. The molecule has 0 aromatic heterocycles. The summed E-state index contributed by atoms with van der Waals surface area (Å²) in [4.78, 5) is 29.5. The quantitative estimate of drug-likeness (QED) is 0.341. The number of nitrogens with one attached hydrogen (secondary N) is 1. The fourth-order valence-corrected chi connectivity index (χ4v) is 6.07. The van der Waals surface area contributed by atoms with Crippen molar-refractivity contribution in [3.63, 3.8) is 0 Å². The largest absolute Gasteiger partial charge is 0.352 e. The Kier molecular flexibility index (Phi) is 9.87. The van der Waals surface area contributed by atoms with E-state index in [0.29, 0.717) is 17.1 Å². The number of carbonyl (C=O) groups excluding carboxylic acids is 2. The summed E-state index contributed by atoms with van der Waals surface area (Å²) in [7, 11) is -3.80. The summed E-state index contributed by atoms with van der Waals surface area (Å²) in [6.45, 7) is 1.55. The van der Waals surface area contributed by atoms with Gasteiger partial charge in [-0.15, -0.1) is 0 Å². The predicted octanol–water partition coefficient (Wildman–Crippen LogP) is 5.11. The van der Waals surface area contributed by atoms with Crippen LogP contribution in [0.2, 0.25) is 5.02 Å². The molecular weight excluding hydrogens is 546 g/mol. The first-order chi connectivity index (χ1) is 19.1. The van der Waals surface area contributed by atoms with Gasteiger partial charge in [0.15, 0.2) is 0 Å². The lowest BCUT2D eigenvalue weighted by atomic mass is 10.0. The van der Waals surface area contributed by atoms with Gasteiger partial charge in [-0.1, -0.05) is 79.0 Å². The Morgan fingerprint density at radius 2 is 1.62 bits per heavy atom. The van der Waals surface area contributed by atoms with Gasteiger partial charge in [-0.2, -0.15) is 0 Å². The number of nitrogens with zero attached hydrogens (tertiary/aromatic N) is 2. The minimum Gasteiger partial charge on any atom is -0.352 e. The van der Waals surface area contributed by atoms with Gasteiger partial charge in [0.05, 0.1) is 11.9 Å². The highest BCUT2D eigenvalue weighted by Crippen LogP contribution is 2.23. The highest BCUT2D eigenvalue weighted by Gasteiger charge is 2.34. The van der Waals surface area contributed by atoms with Gasteiger partial charge in [0.25, 0.3) is 0 Å². The van der Waals surface area contributed by atoms with Crippen molar-refractivity contribution < 1.29 is 18.0 Å². The van der Waals surface area contributed by atoms with E-state index in [4.69, 9.17) is 11.6 Å². The number of aryl methyl sites for hydroxylation is 1. The molecule has 1 N–H and O–H groups in total. The smallest absolute Gasteiger partial charge is 0.244 e. The Morgan fingerprint density at radius 1 is 0.950 bits per heavy atom. The lowest BCUT2D eigenvalue weighted by Gasteiger charge is -2.34. The molecular formula is C31H36ClN3O4S. The molecule has 212 valence electrons. The van der Waals surface area contributed by atoms with Crippen LogP contribution in [0.4, 0.5) is 5.69 Å². The molecule has 9 heteroatoms. The van der Waals surface area contributed by atoms with Gasteiger partial charge in [-0.05, 0) is 60.7 Å². The number of hydrogen-bond donors (Lipinski definition) is 1. The number of carbonyl (C=O) groups is 2. The first-order valence-electron chi connectivity index (χ1n) is 13.5. The van der Waals surface area contributed by atoms with Crippen molar-refractivity contribution in [3.8, 4) is 0 Å². The Morgan fingerprint density at radius 3 is 2.25 bits per heavy atom. The van der Waals surface area contributed by atoms with Gasteiger partial charge in [-0.3, -0.25) is 13.9 Å². The lowest BCUT2D eigenvalue weighted by Crippen LogP contribution is -2.54. The summed E-state index contributed by atoms with van der Waals surface area (Å²) >= 11 is 6.11. The van der Waals surface area contributed by atoms with Crippen LogP contribution < -0.4 is 9.62 Å². The molecule has 3 aromatic rings. The van der Waals surface area contributed by atoms with Crippen molar-refractivity contribution in [2.45, 2.75) is 57.7 Å². The normalized spacial score (nSPS) is 14.5. The maximum atomic E-state index is 14.1. The highest BCUT2D eigenvalue weighted by molar-refractivity contribution is 7.92. The summed E-state index contributed by atoms with van der Waals surface area (Å²) < 4.78 is 26.9. The first kappa shape index (κ1) is 29.6. The Hall–Kier alpha value is -3.36. The summed E-state index contributed by atoms with van der Waals surface area (Å²) in [5.74, 6) is -0.705. The van der Waals surface area contributed by atoms with Gasteiger partial charge in [0.1, 0.15) is 12.6 Å². The third-order valence-electron chi connectivity index (χ3n) is 7.21. The molecule has 0 aliphatic heterocycles. The molecule has 0 saturated heterocycles. The van der Waals surface area contributed by atoms with Crippen LogP contribution >= 0.6 is 11.6 Å². The van der Waals surface area contributed by atoms with E-state index in [-0.39, 0.29) is 18.5 Å². The zero-order valence-corrected chi connectivity index (χ0v) is 24.5. The predicted molar refractivity (Wildman–Crippen MR) is 160 cm³/mol. The summed E-state index contributed by atoms with van der Waals surface area (Å²) in [6, 6.07) is 22.9. The minimum absolute atomic E-state index is 0.0677. The Balaban J connectivity index is 1.72. The van der Waals surface area contributed by atoms with Crippen LogP contribution in [0.5, 0.6) is 0 Å². The van der Waals surface area contributed by atoms with E-state index >= 15 is 0 Å². The molecule has 0 heterocycles. The topological polar surface area (TPSA) is 86.8 Å². The van der Waals surface area contributed by atoms with E-state index < -0.39 is 28.5 Å². The third kappa shape index (κ3) is 8.08. The van der Waals surface area contributed by atoms with Crippen molar-refractivity contribution >= 4 is 39.1 Å². The summed E-state index contributed by atoms with van der Waals surface area (Å²) in [6.07, 6.45) is 5.31. The van der Waals surface area contributed by atoms with Gasteiger partial charge in [0, 0.05) is 24.0 Å². The molecule has 1 atom stereocenters. The Bertz CT molecular complexity index is 1410. The monoisotopic (exact) mass is 581 g/mol. The number of amides is 2. The lowest BCUT2D eigenvalue weighted by molar-refractivity contribution is -0.140. The molecule has 0 bridgehead atoms. The van der Waals surface area contributed by atoms with Crippen molar-refractivity contribution in [1.29, 1.82) is 0 Å². The molecule has 40 heavy (non-hydrogen) atoms. The van der Waals surface area contributed by atoms with Crippen LogP contribution in [0, 0.1) is 6.92 Å². The first-order valence-corrected chi connectivity index (χ1v) is 15.8.